The van der Waals surface area contributed by atoms with E-state index in [9.17, 15) is 22.0 Å². The highest BCUT2D eigenvalue weighted by Gasteiger charge is 2.25. The molecule has 0 saturated carbocycles. The van der Waals surface area contributed by atoms with E-state index in [1.54, 1.807) is 0 Å². The number of benzene rings is 2. The van der Waals surface area contributed by atoms with Crippen LogP contribution in [0.25, 0.3) is 0 Å². The molecule has 1 fully saturated rings. The minimum atomic E-state index is -1.61. The number of rotatable bonds is 6. The van der Waals surface area contributed by atoms with E-state index in [0.29, 0.717) is 36.6 Å². The van der Waals surface area contributed by atoms with E-state index < -0.39 is 41.4 Å². The van der Waals surface area contributed by atoms with Gasteiger partial charge in [-0.3, -0.25) is 0 Å². The van der Waals surface area contributed by atoms with Crippen LogP contribution in [0.2, 0.25) is 0 Å². The molecule has 0 radical (unpaired) electrons. The quantitative estimate of drug-likeness (QED) is 0.423. The zero-order valence-corrected chi connectivity index (χ0v) is 15.4. The van der Waals surface area contributed by atoms with Crippen LogP contribution in [0.1, 0.15) is 49.8 Å². The second-order valence-electron chi connectivity index (χ2n) is 7.03. The van der Waals surface area contributed by atoms with Crippen LogP contribution >= 0.6 is 0 Å². The van der Waals surface area contributed by atoms with E-state index in [1.165, 1.54) is 0 Å². The molecule has 0 bridgehead atoms. The van der Waals surface area contributed by atoms with Crippen LogP contribution in [-0.2, 0) is 11.3 Å². The molecule has 1 aliphatic heterocycles. The van der Waals surface area contributed by atoms with Gasteiger partial charge in [0.05, 0.1) is 12.7 Å². The van der Waals surface area contributed by atoms with Gasteiger partial charge in [0.2, 0.25) is 0 Å². The highest BCUT2D eigenvalue weighted by Crippen LogP contribution is 2.35. The van der Waals surface area contributed by atoms with E-state index in [-0.39, 0.29) is 11.7 Å². The van der Waals surface area contributed by atoms with Crippen LogP contribution in [0.15, 0.2) is 24.3 Å². The molecule has 0 spiro atoms. The fourth-order valence-corrected chi connectivity index (χ4v) is 3.45. The van der Waals surface area contributed by atoms with Gasteiger partial charge < -0.3 is 9.47 Å². The maximum Gasteiger partial charge on any atom is 0.194 e. The fourth-order valence-electron chi connectivity index (χ4n) is 3.45. The lowest BCUT2D eigenvalue weighted by Gasteiger charge is -2.29. The van der Waals surface area contributed by atoms with Crippen molar-refractivity contribution in [3.05, 3.63) is 64.5 Å². The van der Waals surface area contributed by atoms with Gasteiger partial charge in [0, 0.05) is 0 Å². The van der Waals surface area contributed by atoms with Gasteiger partial charge in [-0.25, -0.2) is 22.0 Å². The molecular weight excluding hydrogens is 379 g/mol. The first-order chi connectivity index (χ1) is 13.4. The lowest BCUT2D eigenvalue weighted by molar-refractivity contribution is -0.0198. The second-order valence-corrected chi connectivity index (χ2v) is 7.03. The Morgan fingerprint density at radius 1 is 0.929 bits per heavy atom. The summed E-state index contributed by atoms with van der Waals surface area (Å²) in [5, 5.41) is 0. The molecule has 0 amide bonds. The van der Waals surface area contributed by atoms with Crippen LogP contribution in [0.4, 0.5) is 22.0 Å². The van der Waals surface area contributed by atoms with E-state index in [4.69, 9.17) is 9.47 Å². The molecule has 2 aromatic rings. The van der Waals surface area contributed by atoms with Crippen molar-refractivity contribution in [1.82, 2.24) is 0 Å². The Kier molecular flexibility index (Phi) is 6.54. The van der Waals surface area contributed by atoms with Crippen molar-refractivity contribution in [3.63, 3.8) is 0 Å². The molecule has 152 valence electrons. The van der Waals surface area contributed by atoms with Gasteiger partial charge >= 0.3 is 0 Å². The zero-order valence-electron chi connectivity index (χ0n) is 15.4. The molecule has 2 atom stereocenters. The molecule has 2 unspecified atom stereocenters. The average molecular weight is 400 g/mol. The summed E-state index contributed by atoms with van der Waals surface area (Å²) in [7, 11) is 0. The Bertz CT molecular complexity index is 786. The highest BCUT2D eigenvalue weighted by atomic mass is 19.2. The summed E-state index contributed by atoms with van der Waals surface area (Å²) in [6.07, 6.45) is 3.36. The van der Waals surface area contributed by atoms with Crippen molar-refractivity contribution in [2.24, 2.45) is 5.92 Å². The number of halogens is 5. The molecule has 1 heterocycles. The molecule has 2 aromatic carbocycles. The van der Waals surface area contributed by atoms with Gasteiger partial charge in [0.1, 0.15) is 6.61 Å². The largest absolute Gasteiger partial charge is 0.483 e. The van der Waals surface area contributed by atoms with Crippen LogP contribution in [0.3, 0.4) is 0 Å². The molecule has 0 aromatic heterocycles. The Balaban J connectivity index is 1.69. The Hall–Kier alpha value is -2.15. The molecular formula is C21H21F5O2. The van der Waals surface area contributed by atoms with Gasteiger partial charge in [0.15, 0.2) is 34.8 Å². The summed E-state index contributed by atoms with van der Waals surface area (Å²) < 4.78 is 78.9. The number of hydrogen-bond donors (Lipinski definition) is 0. The summed E-state index contributed by atoms with van der Waals surface area (Å²) in [6.45, 7) is 2.14. The fraction of sp³-hybridized carbons (Fsp3) is 0.429. The van der Waals surface area contributed by atoms with Gasteiger partial charge in [-0.2, -0.15) is 0 Å². The summed E-state index contributed by atoms with van der Waals surface area (Å²) in [5.74, 6) is -6.46. The lowest BCUT2D eigenvalue weighted by atomic mass is 9.92. The summed E-state index contributed by atoms with van der Waals surface area (Å²) in [6, 6.07) is 3.72. The first kappa shape index (κ1) is 20.6. The van der Waals surface area contributed by atoms with Crippen molar-refractivity contribution in [2.75, 3.05) is 6.61 Å². The smallest absolute Gasteiger partial charge is 0.194 e. The van der Waals surface area contributed by atoms with E-state index >= 15 is 0 Å². The van der Waals surface area contributed by atoms with E-state index in [1.807, 2.05) is 0 Å². The molecule has 3 rings (SSSR count). The average Bonchev–Trinajstić information content (AvgIpc) is 2.66. The number of hydrogen-bond acceptors (Lipinski definition) is 2. The van der Waals surface area contributed by atoms with Crippen LogP contribution in [0.5, 0.6) is 5.75 Å². The van der Waals surface area contributed by atoms with E-state index in [0.717, 1.165) is 31.4 Å². The molecule has 0 aliphatic carbocycles. The van der Waals surface area contributed by atoms with Gasteiger partial charge in [0.25, 0.3) is 0 Å². The van der Waals surface area contributed by atoms with E-state index in [2.05, 4.69) is 6.92 Å². The third kappa shape index (κ3) is 4.63. The summed E-state index contributed by atoms with van der Waals surface area (Å²) >= 11 is 0. The van der Waals surface area contributed by atoms with Crippen molar-refractivity contribution in [2.45, 2.75) is 45.3 Å². The predicted molar refractivity (Wildman–Crippen MR) is 93.3 cm³/mol. The highest BCUT2D eigenvalue weighted by molar-refractivity contribution is 5.33. The van der Waals surface area contributed by atoms with Gasteiger partial charge in [-0.15, -0.1) is 0 Å². The molecule has 28 heavy (non-hydrogen) atoms. The number of ether oxygens (including phenoxy) is 2. The minimum Gasteiger partial charge on any atom is -0.483 e. The Morgan fingerprint density at radius 3 is 2.11 bits per heavy atom. The maximum atomic E-state index is 14.4. The second kappa shape index (κ2) is 8.90. The van der Waals surface area contributed by atoms with Crippen molar-refractivity contribution in [1.29, 1.82) is 0 Å². The van der Waals surface area contributed by atoms with Crippen molar-refractivity contribution < 1.29 is 31.4 Å². The van der Waals surface area contributed by atoms with Crippen LogP contribution in [-0.4, -0.2) is 6.61 Å². The molecule has 1 saturated heterocycles. The standard InChI is InChI=1S/C21H21F5O2/c1-2-3-12-4-5-19(27-10-12)14-8-17(24)21(18(25)9-14)28-11-13-6-15(22)20(26)16(23)7-13/h6-9,12,19H,2-5,10-11H2,1H3. The minimum absolute atomic E-state index is 0.0862. The molecule has 1 aliphatic rings. The van der Waals surface area contributed by atoms with Crippen molar-refractivity contribution in [3.8, 4) is 5.75 Å². The SMILES string of the molecule is CCCC1CCC(c2cc(F)c(OCc3cc(F)c(F)c(F)c3)c(F)c2)OC1. The summed E-state index contributed by atoms with van der Waals surface area (Å²) in [4.78, 5) is 0. The topological polar surface area (TPSA) is 18.5 Å². The van der Waals surface area contributed by atoms with Gasteiger partial charge in [-0.1, -0.05) is 13.3 Å². The lowest BCUT2D eigenvalue weighted by Crippen LogP contribution is -2.20. The van der Waals surface area contributed by atoms with Crippen LogP contribution < -0.4 is 4.74 Å². The first-order valence-electron chi connectivity index (χ1n) is 9.25. The normalized spacial score (nSPS) is 19.6. The molecule has 7 heteroatoms. The summed E-state index contributed by atoms with van der Waals surface area (Å²) in [5.41, 5.74) is 0.299. The zero-order chi connectivity index (χ0) is 20.3. The van der Waals surface area contributed by atoms with Gasteiger partial charge in [-0.05, 0) is 60.6 Å². The monoisotopic (exact) mass is 400 g/mol. The molecule has 0 N–H and O–H groups in total. The third-order valence-electron chi connectivity index (χ3n) is 4.89. The molecule has 2 nitrogen and oxygen atoms in total. The third-order valence-corrected chi connectivity index (χ3v) is 4.89. The first-order valence-corrected chi connectivity index (χ1v) is 9.25. The van der Waals surface area contributed by atoms with Crippen molar-refractivity contribution >= 4 is 0 Å². The Labute approximate surface area is 160 Å². The maximum absolute atomic E-state index is 14.4. The predicted octanol–water partition coefficient (Wildman–Crippen LogP) is 6.23. The van der Waals surface area contributed by atoms with Crippen LogP contribution in [0, 0.1) is 35.0 Å². The Morgan fingerprint density at radius 2 is 1.57 bits per heavy atom.